The maximum atomic E-state index is 14.7. The Morgan fingerprint density at radius 1 is 1.31 bits per heavy atom. The lowest BCUT2D eigenvalue weighted by Crippen LogP contribution is -2.46. The molecule has 1 fully saturated rings. The van der Waals surface area contributed by atoms with Crippen LogP contribution in [0.15, 0.2) is 24.3 Å². The van der Waals surface area contributed by atoms with Gasteiger partial charge in [-0.15, -0.1) is 0 Å². The molecule has 0 bridgehead atoms. The second kappa shape index (κ2) is 9.69. The molecule has 0 unspecified atom stereocenters. The number of alkyl halides is 2. The summed E-state index contributed by atoms with van der Waals surface area (Å²) in [6.07, 6.45) is -1.95. The summed E-state index contributed by atoms with van der Waals surface area (Å²) in [6, 6.07) is 7.04. The number of pyridine rings is 1. The molecule has 3 aromatic rings. The highest BCUT2D eigenvalue weighted by Crippen LogP contribution is 2.35. The summed E-state index contributed by atoms with van der Waals surface area (Å²) in [5.41, 5.74) is 1.57. The minimum atomic E-state index is -2.55. The summed E-state index contributed by atoms with van der Waals surface area (Å²) in [7, 11) is 0. The molecule has 1 aliphatic rings. The van der Waals surface area contributed by atoms with Gasteiger partial charge in [0, 0.05) is 17.1 Å². The van der Waals surface area contributed by atoms with Crippen LogP contribution in [0.5, 0.6) is 0 Å². The van der Waals surface area contributed by atoms with E-state index in [0.29, 0.717) is 22.3 Å². The first-order chi connectivity index (χ1) is 16.7. The Balaban J connectivity index is 1.60. The fraction of sp³-hybridized carbons (Fsp3) is 0.391. The van der Waals surface area contributed by atoms with E-state index in [0.717, 1.165) is 18.9 Å². The van der Waals surface area contributed by atoms with E-state index < -0.39 is 37.0 Å². The van der Waals surface area contributed by atoms with E-state index in [9.17, 15) is 23.2 Å². The predicted octanol–water partition coefficient (Wildman–Crippen LogP) is 4.61. The molecule has 0 aliphatic heterocycles. The molecule has 0 radical (unpaired) electrons. The number of carboxylic acid groups (broad SMARTS) is 1. The number of benzene rings is 1. The summed E-state index contributed by atoms with van der Waals surface area (Å²) >= 11 is 0. The molecule has 1 saturated carbocycles. The highest BCUT2D eigenvalue weighted by Gasteiger charge is 2.36. The Hall–Kier alpha value is -4.01. The van der Waals surface area contributed by atoms with Crippen LogP contribution in [-0.4, -0.2) is 44.5 Å². The zero-order valence-corrected chi connectivity index (χ0v) is 19.0. The predicted molar refractivity (Wildman–Crippen MR) is 123 cm³/mol. The first-order valence-corrected chi connectivity index (χ1v) is 11.0. The number of hydrogen-bond acceptors (Lipinski definition) is 6. The van der Waals surface area contributed by atoms with Crippen LogP contribution in [0.3, 0.4) is 0 Å². The highest BCUT2D eigenvalue weighted by atomic mass is 19.3. The largest absolute Gasteiger partial charge is 0.465 e. The van der Waals surface area contributed by atoms with Gasteiger partial charge in [-0.05, 0) is 56.9 Å². The molecule has 2 aromatic heterocycles. The van der Waals surface area contributed by atoms with Crippen LogP contribution in [0, 0.1) is 30.0 Å². The Morgan fingerprint density at radius 2 is 2.06 bits per heavy atom. The summed E-state index contributed by atoms with van der Waals surface area (Å²) in [5, 5.41) is 31.8. The van der Waals surface area contributed by atoms with Gasteiger partial charge in [0.2, 0.25) is 0 Å². The van der Waals surface area contributed by atoms with E-state index in [1.807, 2.05) is 6.07 Å². The topological polar surface area (TPSA) is 128 Å². The normalized spacial score (nSPS) is 15.0. The van der Waals surface area contributed by atoms with Gasteiger partial charge in [-0.1, -0.05) is 0 Å². The Kier molecular flexibility index (Phi) is 6.68. The number of halogens is 3. The number of aryl methyl sites for hydroxylation is 1. The van der Waals surface area contributed by atoms with Gasteiger partial charge >= 0.3 is 6.09 Å². The number of amides is 1. The van der Waals surface area contributed by atoms with Crippen molar-refractivity contribution in [1.29, 1.82) is 5.26 Å². The third kappa shape index (κ3) is 5.40. The molecule has 4 N–H and O–H groups in total. The number of hydrogen-bond donors (Lipinski definition) is 4. The number of aromatic nitrogens is 3. The minimum absolute atomic E-state index is 0.0340. The quantitative estimate of drug-likeness (QED) is 0.347. The van der Waals surface area contributed by atoms with Crippen LogP contribution in [0.1, 0.15) is 31.0 Å². The zero-order chi connectivity index (χ0) is 25.3. The smallest absolute Gasteiger partial charge is 0.404 e. The average molecular weight is 487 g/mol. The monoisotopic (exact) mass is 487 g/mol. The molecule has 1 aromatic carbocycles. The standard InChI is InChI=1S/C23H24F3N7O2/c1-11-16-8-15(5-6-18(16)33(32-11)10-19(25)26)29-21-14(9-27)7-17(24)22(31-21)28-12(2)20(13-3-4-13)30-23(34)35/h5-8,12-13,19-20,30H,3-4,10H2,1-2H3,(H,34,35)(H2,28,29,31)/t12-,20-/m1/s1. The molecule has 9 nitrogen and oxygen atoms in total. The fourth-order valence-corrected chi connectivity index (χ4v) is 4.15. The van der Waals surface area contributed by atoms with Crippen molar-refractivity contribution in [2.24, 2.45) is 5.92 Å². The average Bonchev–Trinajstić information content (AvgIpc) is 3.59. The molecule has 1 amide bonds. The van der Waals surface area contributed by atoms with Gasteiger partial charge in [0.05, 0.1) is 22.8 Å². The second-order valence-corrected chi connectivity index (χ2v) is 8.59. The van der Waals surface area contributed by atoms with Crippen molar-refractivity contribution in [2.75, 3.05) is 10.6 Å². The summed E-state index contributed by atoms with van der Waals surface area (Å²) in [5.74, 6) is -0.620. The maximum absolute atomic E-state index is 14.7. The van der Waals surface area contributed by atoms with E-state index in [-0.39, 0.29) is 23.1 Å². The van der Waals surface area contributed by atoms with Crippen molar-refractivity contribution >= 4 is 34.3 Å². The second-order valence-electron chi connectivity index (χ2n) is 8.59. The molecule has 12 heteroatoms. The molecule has 2 atom stereocenters. The molecule has 4 rings (SSSR count). The first-order valence-electron chi connectivity index (χ1n) is 11.0. The van der Waals surface area contributed by atoms with Gasteiger partial charge in [-0.25, -0.2) is 22.9 Å². The van der Waals surface area contributed by atoms with Gasteiger partial charge < -0.3 is 21.1 Å². The van der Waals surface area contributed by atoms with Gasteiger partial charge in [0.25, 0.3) is 6.43 Å². The highest BCUT2D eigenvalue weighted by molar-refractivity contribution is 5.86. The lowest BCUT2D eigenvalue weighted by molar-refractivity contribution is 0.123. The number of nitrogens with one attached hydrogen (secondary N) is 3. The van der Waals surface area contributed by atoms with E-state index in [1.54, 1.807) is 32.0 Å². The SMILES string of the molecule is Cc1nn(CC(F)F)c2ccc(Nc3nc(N[C@H](C)[C@@H](NC(=O)O)C4CC4)c(F)cc3C#N)cc12. The van der Waals surface area contributed by atoms with E-state index in [4.69, 9.17) is 5.11 Å². The third-order valence-corrected chi connectivity index (χ3v) is 5.93. The van der Waals surface area contributed by atoms with Crippen molar-refractivity contribution in [3.63, 3.8) is 0 Å². The third-order valence-electron chi connectivity index (χ3n) is 5.93. The van der Waals surface area contributed by atoms with Crippen LogP contribution in [0.2, 0.25) is 0 Å². The lowest BCUT2D eigenvalue weighted by Gasteiger charge is -2.25. The van der Waals surface area contributed by atoms with Crippen LogP contribution in [-0.2, 0) is 6.54 Å². The van der Waals surface area contributed by atoms with Crippen LogP contribution in [0.25, 0.3) is 10.9 Å². The van der Waals surface area contributed by atoms with Crippen molar-refractivity contribution in [1.82, 2.24) is 20.1 Å². The van der Waals surface area contributed by atoms with Gasteiger partial charge in [-0.2, -0.15) is 10.4 Å². The number of carbonyl (C=O) groups is 1. The van der Waals surface area contributed by atoms with Crippen LogP contribution >= 0.6 is 0 Å². The molecule has 0 spiro atoms. The summed E-state index contributed by atoms with van der Waals surface area (Å²) < 4.78 is 41.6. The number of nitrogens with zero attached hydrogens (tertiary/aromatic N) is 4. The molecular formula is C23H24F3N7O2. The Morgan fingerprint density at radius 3 is 2.69 bits per heavy atom. The summed E-state index contributed by atoms with van der Waals surface area (Å²) in [6.45, 7) is 2.91. The first kappa shape index (κ1) is 24.1. The molecule has 2 heterocycles. The number of fused-ring (bicyclic) bond motifs is 1. The van der Waals surface area contributed by atoms with E-state index in [2.05, 4.69) is 26.0 Å². The fourth-order valence-electron chi connectivity index (χ4n) is 4.15. The minimum Gasteiger partial charge on any atom is -0.465 e. The molecule has 0 saturated heterocycles. The van der Waals surface area contributed by atoms with Crippen molar-refractivity contribution in [2.45, 2.75) is 51.7 Å². The number of rotatable bonds is 9. The molecule has 1 aliphatic carbocycles. The van der Waals surface area contributed by atoms with Crippen molar-refractivity contribution < 1.29 is 23.1 Å². The van der Waals surface area contributed by atoms with Gasteiger partial charge in [-0.3, -0.25) is 4.68 Å². The summed E-state index contributed by atoms with van der Waals surface area (Å²) in [4.78, 5) is 15.4. The Labute approximate surface area is 199 Å². The Bertz CT molecular complexity index is 1300. The van der Waals surface area contributed by atoms with Gasteiger partial charge in [0.1, 0.15) is 12.6 Å². The van der Waals surface area contributed by atoms with Gasteiger partial charge in [0.15, 0.2) is 17.5 Å². The maximum Gasteiger partial charge on any atom is 0.404 e. The van der Waals surface area contributed by atoms with Crippen LogP contribution in [0.4, 0.5) is 35.3 Å². The van der Waals surface area contributed by atoms with Crippen LogP contribution < -0.4 is 16.0 Å². The molecule has 35 heavy (non-hydrogen) atoms. The molecule has 184 valence electrons. The van der Waals surface area contributed by atoms with Crippen molar-refractivity contribution in [3.05, 3.63) is 41.3 Å². The lowest BCUT2D eigenvalue weighted by atomic mass is 10.1. The number of anilines is 3. The van der Waals surface area contributed by atoms with Crippen molar-refractivity contribution in [3.8, 4) is 6.07 Å². The van der Waals surface area contributed by atoms with E-state index in [1.165, 1.54) is 4.68 Å². The molecular weight excluding hydrogens is 463 g/mol. The number of nitriles is 1. The zero-order valence-electron chi connectivity index (χ0n) is 19.0. The van der Waals surface area contributed by atoms with E-state index >= 15 is 0 Å².